The summed E-state index contributed by atoms with van der Waals surface area (Å²) >= 11 is 0. The van der Waals surface area contributed by atoms with Crippen LogP contribution in [0, 0.1) is 0 Å². The molecule has 1 aromatic carbocycles. The van der Waals surface area contributed by atoms with Gasteiger partial charge in [0.05, 0.1) is 35.9 Å². The summed E-state index contributed by atoms with van der Waals surface area (Å²) in [7, 11) is 0. The van der Waals surface area contributed by atoms with Crippen LogP contribution in [0.25, 0.3) is 10.9 Å². The number of morpholine rings is 1. The summed E-state index contributed by atoms with van der Waals surface area (Å²) in [5.74, 6) is 0.693. The smallest absolute Gasteiger partial charge is 0.258 e. The number of anilines is 2. The van der Waals surface area contributed by atoms with Crippen molar-refractivity contribution < 1.29 is 9.53 Å². The maximum absolute atomic E-state index is 12.5. The van der Waals surface area contributed by atoms with Crippen molar-refractivity contribution in [2.24, 2.45) is 0 Å². The largest absolute Gasteiger partial charge is 0.384 e. The Morgan fingerprint density at radius 1 is 1.27 bits per heavy atom. The van der Waals surface area contributed by atoms with E-state index in [9.17, 15) is 9.59 Å². The van der Waals surface area contributed by atoms with Crippen molar-refractivity contribution in [1.82, 2.24) is 19.9 Å². The average Bonchev–Trinajstić information content (AvgIpc) is 2.70. The molecule has 160 valence electrons. The molecule has 30 heavy (non-hydrogen) atoms. The molecule has 1 fully saturated rings. The lowest BCUT2D eigenvalue weighted by Gasteiger charge is -2.31. The van der Waals surface area contributed by atoms with Gasteiger partial charge in [-0.25, -0.2) is 9.97 Å². The van der Waals surface area contributed by atoms with Crippen molar-refractivity contribution in [3.05, 3.63) is 58.8 Å². The van der Waals surface area contributed by atoms with Crippen LogP contribution < -0.4 is 16.6 Å². The molecule has 3 heterocycles. The zero-order valence-corrected chi connectivity index (χ0v) is 17.5. The molecule has 1 atom stereocenters. The summed E-state index contributed by atoms with van der Waals surface area (Å²) in [5.41, 5.74) is 6.59. The Morgan fingerprint density at radius 2 is 2.07 bits per heavy atom. The predicted molar refractivity (Wildman–Crippen MR) is 119 cm³/mol. The highest BCUT2D eigenvalue weighted by Gasteiger charge is 2.27. The predicted octanol–water partition coefficient (Wildman–Crippen LogP) is 1.58. The van der Waals surface area contributed by atoms with Crippen LogP contribution >= 0.6 is 24.8 Å². The molecule has 0 saturated carbocycles. The van der Waals surface area contributed by atoms with Gasteiger partial charge in [-0.05, 0) is 24.3 Å². The van der Waals surface area contributed by atoms with E-state index in [1.54, 1.807) is 24.3 Å². The molecular weight excluding hydrogens is 431 g/mol. The molecule has 2 aromatic heterocycles. The quantitative estimate of drug-likeness (QED) is 0.548. The van der Waals surface area contributed by atoms with Crippen LogP contribution in [0.5, 0.6) is 0 Å². The number of benzene rings is 1. The average molecular weight is 453 g/mol. The molecule has 1 aliphatic heterocycles. The number of nitrogens with zero attached hydrogens (tertiary/aromatic N) is 3. The number of hydrogen-bond donors (Lipinski definition) is 3. The molecule has 4 rings (SSSR count). The topological polar surface area (TPSA) is 126 Å². The highest BCUT2D eigenvalue weighted by Crippen LogP contribution is 2.13. The summed E-state index contributed by atoms with van der Waals surface area (Å²) < 4.78 is 5.61. The van der Waals surface area contributed by atoms with Gasteiger partial charge in [0.25, 0.3) is 11.5 Å². The molecule has 3 aromatic rings. The number of rotatable bonds is 4. The lowest BCUT2D eigenvalue weighted by molar-refractivity contribution is -0.133. The molecule has 4 N–H and O–H groups in total. The van der Waals surface area contributed by atoms with Gasteiger partial charge in [-0.2, -0.15) is 0 Å². The van der Waals surface area contributed by atoms with E-state index >= 15 is 0 Å². The summed E-state index contributed by atoms with van der Waals surface area (Å²) in [4.78, 5) is 38.0. The van der Waals surface area contributed by atoms with E-state index in [0.29, 0.717) is 54.5 Å². The van der Waals surface area contributed by atoms with Gasteiger partial charge >= 0.3 is 0 Å². The SMILES string of the molecule is Cl.Cl.Nc1ccc(NC(=O)C2CN(Cc3nc4ccccc4c(=O)[nH]3)CCO2)cn1. The number of pyridine rings is 1. The van der Waals surface area contributed by atoms with Crippen molar-refractivity contribution in [2.45, 2.75) is 12.6 Å². The second-order valence-electron chi connectivity index (χ2n) is 6.59. The molecule has 0 radical (unpaired) electrons. The first-order valence-corrected chi connectivity index (χ1v) is 8.93. The van der Waals surface area contributed by atoms with Crippen molar-refractivity contribution in [1.29, 1.82) is 0 Å². The van der Waals surface area contributed by atoms with Gasteiger partial charge in [0.2, 0.25) is 0 Å². The molecule has 1 saturated heterocycles. The number of fused-ring (bicyclic) bond motifs is 1. The van der Waals surface area contributed by atoms with Crippen LogP contribution in [-0.2, 0) is 16.1 Å². The van der Waals surface area contributed by atoms with Crippen molar-refractivity contribution in [3.63, 3.8) is 0 Å². The number of aromatic amines is 1. The standard InChI is InChI=1S/C19H20N6O3.2ClH/c20-16-6-5-12(9-21-16)22-19(27)15-10-25(7-8-28-15)11-17-23-14-4-2-1-3-13(14)18(26)24-17;;/h1-6,9,15H,7-8,10-11H2,(H2,20,21)(H,22,27)(H,23,24,26);2*1H. The monoisotopic (exact) mass is 452 g/mol. The Labute approximate surface area is 184 Å². The van der Waals surface area contributed by atoms with Gasteiger partial charge in [0.1, 0.15) is 17.7 Å². The minimum Gasteiger partial charge on any atom is -0.384 e. The number of carbonyl (C=O) groups is 1. The molecule has 1 aliphatic rings. The van der Waals surface area contributed by atoms with Gasteiger partial charge in [0.15, 0.2) is 0 Å². The molecular formula is C19H22Cl2N6O3. The normalized spacial score (nSPS) is 16.3. The number of hydrogen-bond acceptors (Lipinski definition) is 7. The number of nitrogens with two attached hydrogens (primary N) is 1. The van der Waals surface area contributed by atoms with Crippen LogP contribution in [0.15, 0.2) is 47.4 Å². The number of para-hydroxylation sites is 1. The summed E-state index contributed by atoms with van der Waals surface area (Å²) in [6.45, 7) is 1.88. The second kappa shape index (κ2) is 10.4. The number of halogens is 2. The van der Waals surface area contributed by atoms with Gasteiger partial charge in [-0.1, -0.05) is 12.1 Å². The highest BCUT2D eigenvalue weighted by molar-refractivity contribution is 5.94. The Kier molecular flexibility index (Phi) is 8.13. The summed E-state index contributed by atoms with van der Waals surface area (Å²) in [5, 5.41) is 3.33. The zero-order chi connectivity index (χ0) is 19.5. The molecule has 9 nitrogen and oxygen atoms in total. The van der Waals surface area contributed by atoms with E-state index in [1.165, 1.54) is 6.20 Å². The number of carbonyl (C=O) groups excluding carboxylic acids is 1. The number of amides is 1. The van der Waals surface area contributed by atoms with Gasteiger partial charge in [0, 0.05) is 13.1 Å². The fraction of sp³-hybridized carbons (Fsp3) is 0.263. The lowest BCUT2D eigenvalue weighted by atomic mass is 10.2. The zero-order valence-electron chi connectivity index (χ0n) is 15.9. The van der Waals surface area contributed by atoms with Crippen molar-refractivity contribution in [3.8, 4) is 0 Å². The van der Waals surface area contributed by atoms with E-state index in [0.717, 1.165) is 0 Å². The van der Waals surface area contributed by atoms with E-state index in [2.05, 4.69) is 20.3 Å². The Hall–Kier alpha value is -2.72. The molecule has 0 aliphatic carbocycles. The number of nitrogens with one attached hydrogen (secondary N) is 2. The van der Waals surface area contributed by atoms with Crippen LogP contribution in [0.4, 0.5) is 11.5 Å². The first-order chi connectivity index (χ1) is 13.6. The van der Waals surface area contributed by atoms with E-state index < -0.39 is 6.10 Å². The van der Waals surface area contributed by atoms with Crippen molar-refractivity contribution in [2.75, 3.05) is 30.7 Å². The molecule has 11 heteroatoms. The van der Waals surface area contributed by atoms with Gasteiger partial charge in [-0.15, -0.1) is 24.8 Å². The first kappa shape index (κ1) is 23.6. The molecule has 0 bridgehead atoms. The fourth-order valence-corrected chi connectivity index (χ4v) is 3.13. The van der Waals surface area contributed by atoms with Crippen LogP contribution in [0.1, 0.15) is 5.82 Å². The van der Waals surface area contributed by atoms with Gasteiger partial charge < -0.3 is 20.8 Å². The van der Waals surface area contributed by atoms with E-state index in [-0.39, 0.29) is 36.3 Å². The third-order valence-corrected chi connectivity index (χ3v) is 4.53. The first-order valence-electron chi connectivity index (χ1n) is 8.93. The highest BCUT2D eigenvalue weighted by atomic mass is 35.5. The molecule has 1 unspecified atom stereocenters. The van der Waals surface area contributed by atoms with Gasteiger partial charge in [-0.3, -0.25) is 14.5 Å². The maximum atomic E-state index is 12.5. The Balaban J connectivity index is 0.00000160. The second-order valence-corrected chi connectivity index (χ2v) is 6.59. The third-order valence-electron chi connectivity index (χ3n) is 4.53. The number of H-pyrrole nitrogens is 1. The van der Waals surface area contributed by atoms with E-state index in [4.69, 9.17) is 10.5 Å². The number of ether oxygens (including phenoxy) is 1. The summed E-state index contributed by atoms with van der Waals surface area (Å²) in [6.07, 6.45) is 0.871. The maximum Gasteiger partial charge on any atom is 0.258 e. The molecule has 1 amide bonds. The minimum absolute atomic E-state index is 0. The van der Waals surface area contributed by atoms with Crippen LogP contribution in [-0.4, -0.2) is 51.6 Å². The Morgan fingerprint density at radius 3 is 2.83 bits per heavy atom. The number of nitrogen functional groups attached to an aromatic ring is 1. The minimum atomic E-state index is -0.626. The van der Waals surface area contributed by atoms with Crippen molar-refractivity contribution >= 4 is 53.1 Å². The Bertz CT molecular complexity index is 1060. The van der Waals surface area contributed by atoms with E-state index in [1.807, 2.05) is 17.0 Å². The van der Waals surface area contributed by atoms with Crippen LogP contribution in [0.3, 0.4) is 0 Å². The number of aromatic nitrogens is 3. The fourth-order valence-electron chi connectivity index (χ4n) is 3.13. The lowest BCUT2D eigenvalue weighted by Crippen LogP contribution is -2.47. The summed E-state index contributed by atoms with van der Waals surface area (Å²) in [6, 6.07) is 10.5. The third kappa shape index (κ3) is 5.45. The van der Waals surface area contributed by atoms with Crippen LogP contribution in [0.2, 0.25) is 0 Å². The molecule has 0 spiro atoms.